The van der Waals surface area contributed by atoms with E-state index in [0.717, 1.165) is 18.0 Å². The molecular weight excluding hydrogens is 332 g/mol. The number of aromatic hydroxyl groups is 2. The van der Waals surface area contributed by atoms with E-state index in [0.29, 0.717) is 16.3 Å². The van der Waals surface area contributed by atoms with Crippen LogP contribution in [0.25, 0.3) is 16.3 Å². The van der Waals surface area contributed by atoms with Crippen molar-refractivity contribution in [3.05, 3.63) is 35.9 Å². The number of benzene rings is 2. The van der Waals surface area contributed by atoms with Gasteiger partial charge in [-0.2, -0.15) is 0 Å². The summed E-state index contributed by atoms with van der Waals surface area (Å²) in [6, 6.07) is 8.09. The number of rotatable bonds is 5. The molecule has 0 saturated carbocycles. The van der Waals surface area contributed by atoms with Crippen LogP contribution in [-0.4, -0.2) is 24.3 Å². The summed E-state index contributed by atoms with van der Waals surface area (Å²) in [6.45, 7) is 10.1. The van der Waals surface area contributed by atoms with Gasteiger partial charge in [-0.15, -0.1) is 0 Å². The molecule has 0 bridgehead atoms. The third kappa shape index (κ3) is 4.42. The quantitative estimate of drug-likeness (QED) is 0.329. The van der Waals surface area contributed by atoms with Gasteiger partial charge in [-0.3, -0.25) is 4.79 Å². The summed E-state index contributed by atoms with van der Waals surface area (Å²) < 4.78 is 5.25. The van der Waals surface area contributed by atoms with Gasteiger partial charge in [-0.1, -0.05) is 56.0 Å². The van der Waals surface area contributed by atoms with Crippen molar-refractivity contribution >= 4 is 30.4 Å². The number of fused-ring (bicyclic) bond motifs is 1. The average Bonchev–Trinajstić information content (AvgIpc) is 2.50. The molecule has 2 rings (SSSR count). The van der Waals surface area contributed by atoms with E-state index in [2.05, 4.69) is 19.6 Å². The monoisotopic (exact) mass is 358 g/mol. The molecule has 2 aromatic carbocycles. The number of hydrogen-bond donors (Lipinski definition) is 2. The Balaban J connectivity index is 2.61. The third-order valence-electron chi connectivity index (χ3n) is 4.10. The molecule has 134 valence electrons. The molecule has 0 saturated heterocycles. The molecule has 4 nitrogen and oxygen atoms in total. The second-order valence-electron chi connectivity index (χ2n) is 7.53. The van der Waals surface area contributed by atoms with Gasteiger partial charge in [-0.25, -0.2) is 0 Å². The fourth-order valence-corrected chi connectivity index (χ4v) is 3.82. The van der Waals surface area contributed by atoms with Crippen molar-refractivity contribution in [1.82, 2.24) is 0 Å². The molecule has 0 aliphatic heterocycles. The molecule has 2 aromatic rings. The first kappa shape index (κ1) is 19.1. The summed E-state index contributed by atoms with van der Waals surface area (Å²) in [7, 11) is -1.17. The zero-order valence-electron chi connectivity index (χ0n) is 15.5. The number of hydrogen-bond acceptors (Lipinski definition) is 4. The van der Waals surface area contributed by atoms with Crippen molar-refractivity contribution in [1.29, 1.82) is 0 Å². The normalized spacial score (nSPS) is 12.4. The first-order valence-electron chi connectivity index (χ1n) is 8.44. The molecule has 0 unspecified atom stereocenters. The largest absolute Gasteiger partial charge is 0.507 e. The number of phenols is 2. The number of allylic oxidation sites excluding steroid dienone is 2. The second kappa shape index (κ2) is 7.31. The number of carbonyl (C=O) groups excluding carboxylic acids is 1. The molecule has 0 aliphatic carbocycles. The maximum absolute atomic E-state index is 11.5. The van der Waals surface area contributed by atoms with Crippen LogP contribution in [0.4, 0.5) is 0 Å². The first-order chi connectivity index (χ1) is 11.6. The molecule has 25 heavy (non-hydrogen) atoms. The van der Waals surface area contributed by atoms with Crippen LogP contribution in [0.1, 0.15) is 25.8 Å². The lowest BCUT2D eigenvalue weighted by atomic mass is 9.97. The van der Waals surface area contributed by atoms with Crippen molar-refractivity contribution in [3.63, 3.8) is 0 Å². The zero-order valence-corrected chi connectivity index (χ0v) is 16.5. The molecule has 0 atom stereocenters. The van der Waals surface area contributed by atoms with Crippen LogP contribution in [0.3, 0.4) is 0 Å². The zero-order chi connectivity index (χ0) is 18.8. The molecule has 0 fully saturated rings. The summed E-state index contributed by atoms with van der Waals surface area (Å²) in [5.74, 6) is -0.630. The van der Waals surface area contributed by atoms with Gasteiger partial charge >= 0.3 is 5.97 Å². The van der Waals surface area contributed by atoms with Gasteiger partial charge in [0.1, 0.15) is 5.75 Å². The summed E-state index contributed by atoms with van der Waals surface area (Å²) in [5.41, 5.74) is 1.16. The van der Waals surface area contributed by atoms with Crippen molar-refractivity contribution in [2.45, 2.75) is 46.0 Å². The molecule has 0 spiro atoms. The van der Waals surface area contributed by atoms with E-state index in [1.54, 1.807) is 24.3 Å². The van der Waals surface area contributed by atoms with Gasteiger partial charge in [0.15, 0.2) is 11.5 Å². The van der Waals surface area contributed by atoms with Crippen LogP contribution in [0.2, 0.25) is 25.7 Å². The molecule has 2 N–H and O–H groups in total. The first-order valence-corrected chi connectivity index (χ1v) is 12.1. The van der Waals surface area contributed by atoms with Crippen molar-refractivity contribution < 1.29 is 19.7 Å². The Labute approximate surface area is 149 Å². The van der Waals surface area contributed by atoms with Gasteiger partial charge in [0.05, 0.1) is 5.56 Å². The smallest absolute Gasteiger partial charge is 0.308 e. The van der Waals surface area contributed by atoms with Crippen LogP contribution in [0, 0.1) is 0 Å². The number of phenolic OH excluding ortho intramolecular Hbond substituents is 2. The molecule has 5 heteroatoms. The maximum atomic E-state index is 11.5. The topological polar surface area (TPSA) is 66.8 Å². The lowest BCUT2D eigenvalue weighted by Gasteiger charge is -2.17. The van der Waals surface area contributed by atoms with E-state index in [9.17, 15) is 15.0 Å². The van der Waals surface area contributed by atoms with Crippen LogP contribution in [0.5, 0.6) is 17.2 Å². The third-order valence-corrected chi connectivity index (χ3v) is 5.89. The van der Waals surface area contributed by atoms with E-state index in [4.69, 9.17) is 4.74 Å². The standard InChI is InChI=1S/C20H26O4Si/c1-13(9-8-12-25(3,4)5)17-18(22)15-10-6-7-11-16(15)19(23)20(17)24-14(2)21/h6-7,9-11,22-23H,8,12H2,1-5H3. The Kier molecular flexibility index (Phi) is 5.57. The van der Waals surface area contributed by atoms with Gasteiger partial charge in [0.25, 0.3) is 0 Å². The fourth-order valence-electron chi connectivity index (χ4n) is 2.81. The SMILES string of the molecule is CC(=O)Oc1c(C(C)=CCC[Si](C)(C)C)c(O)c2ccccc2c1O. The lowest BCUT2D eigenvalue weighted by Crippen LogP contribution is -2.18. The van der Waals surface area contributed by atoms with Crippen LogP contribution in [-0.2, 0) is 4.79 Å². The minimum absolute atomic E-state index is 0.0189. The highest BCUT2D eigenvalue weighted by atomic mass is 28.3. The number of ether oxygens (including phenoxy) is 1. The number of esters is 1. The highest BCUT2D eigenvalue weighted by Gasteiger charge is 2.22. The Morgan fingerprint density at radius 3 is 2.16 bits per heavy atom. The molecule has 0 radical (unpaired) electrons. The fraction of sp³-hybridized carbons (Fsp3) is 0.350. The Bertz CT molecular complexity index is 832. The molecule has 0 aliphatic rings. The molecule has 0 heterocycles. The van der Waals surface area contributed by atoms with E-state index in [-0.39, 0.29) is 17.2 Å². The highest BCUT2D eigenvalue weighted by molar-refractivity contribution is 6.76. The number of carbonyl (C=O) groups is 1. The van der Waals surface area contributed by atoms with Crippen LogP contribution < -0.4 is 4.74 Å². The van der Waals surface area contributed by atoms with Crippen molar-refractivity contribution in [3.8, 4) is 17.2 Å². The predicted molar refractivity (Wildman–Crippen MR) is 105 cm³/mol. The van der Waals surface area contributed by atoms with Crippen molar-refractivity contribution in [2.75, 3.05) is 0 Å². The van der Waals surface area contributed by atoms with Gasteiger partial charge in [0.2, 0.25) is 0 Å². The summed E-state index contributed by atoms with van der Waals surface area (Å²) >= 11 is 0. The molecule has 0 amide bonds. The minimum atomic E-state index is -1.17. The molecule has 0 aromatic heterocycles. The van der Waals surface area contributed by atoms with Gasteiger partial charge < -0.3 is 14.9 Å². The van der Waals surface area contributed by atoms with Gasteiger partial charge in [-0.05, 0) is 18.9 Å². The van der Waals surface area contributed by atoms with E-state index < -0.39 is 14.0 Å². The highest BCUT2D eigenvalue weighted by Crippen LogP contribution is 2.47. The Morgan fingerprint density at radius 2 is 1.64 bits per heavy atom. The van der Waals surface area contributed by atoms with Gasteiger partial charge in [0, 0.05) is 25.8 Å². The second-order valence-corrected chi connectivity index (χ2v) is 13.1. The summed E-state index contributed by atoms with van der Waals surface area (Å²) in [5, 5.41) is 22.3. The van der Waals surface area contributed by atoms with Crippen molar-refractivity contribution in [2.24, 2.45) is 0 Å². The van der Waals surface area contributed by atoms with Crippen LogP contribution >= 0.6 is 0 Å². The Hall–Kier alpha value is -2.27. The summed E-state index contributed by atoms with van der Waals surface area (Å²) in [4.78, 5) is 11.5. The van der Waals surface area contributed by atoms with E-state index in [1.165, 1.54) is 6.92 Å². The van der Waals surface area contributed by atoms with E-state index in [1.807, 2.05) is 13.0 Å². The average molecular weight is 359 g/mol. The van der Waals surface area contributed by atoms with Crippen LogP contribution in [0.15, 0.2) is 30.3 Å². The minimum Gasteiger partial charge on any atom is -0.507 e. The van der Waals surface area contributed by atoms with E-state index >= 15 is 0 Å². The lowest BCUT2D eigenvalue weighted by molar-refractivity contribution is -0.132. The maximum Gasteiger partial charge on any atom is 0.308 e. The Morgan fingerprint density at radius 1 is 1.08 bits per heavy atom. The predicted octanol–water partition coefficient (Wildman–Crippen LogP) is 5.31. The molecular formula is C20H26O4Si. The summed E-state index contributed by atoms with van der Waals surface area (Å²) in [6.07, 6.45) is 2.92.